The van der Waals surface area contributed by atoms with Crippen LogP contribution in [0.4, 0.5) is 5.69 Å². The summed E-state index contributed by atoms with van der Waals surface area (Å²) in [5.41, 5.74) is 0.399. The molecule has 31 heavy (non-hydrogen) atoms. The monoisotopic (exact) mass is 491 g/mol. The molecule has 4 rings (SSSR count). The maximum atomic E-state index is 13.4. The van der Waals surface area contributed by atoms with Gasteiger partial charge < -0.3 is 4.42 Å². The molecule has 2 heterocycles. The van der Waals surface area contributed by atoms with Crippen molar-refractivity contribution in [3.8, 4) is 0 Å². The SMILES string of the molecule is O=C(c1ccc(S(=O)(=O)c2ccccc2)o1)N(Cc1cccs1)c1cc(Cl)ccc1Cl. The van der Waals surface area contributed by atoms with E-state index in [4.69, 9.17) is 27.6 Å². The molecular weight excluding hydrogens is 477 g/mol. The zero-order chi connectivity index (χ0) is 22.0. The first-order chi connectivity index (χ1) is 14.9. The van der Waals surface area contributed by atoms with E-state index in [-0.39, 0.29) is 22.3 Å². The average Bonchev–Trinajstić information content (AvgIpc) is 3.47. The number of sulfone groups is 1. The molecule has 0 saturated heterocycles. The largest absolute Gasteiger partial charge is 0.439 e. The number of thiophene rings is 1. The van der Waals surface area contributed by atoms with Crippen LogP contribution in [-0.4, -0.2) is 14.3 Å². The van der Waals surface area contributed by atoms with Gasteiger partial charge in [-0.05, 0) is 53.9 Å². The number of amides is 1. The molecule has 0 aliphatic rings. The Hall–Kier alpha value is -2.58. The number of rotatable bonds is 6. The Morgan fingerprint density at radius 1 is 0.968 bits per heavy atom. The van der Waals surface area contributed by atoms with Crippen LogP contribution in [0, 0.1) is 0 Å². The summed E-state index contributed by atoms with van der Waals surface area (Å²) < 4.78 is 31.1. The van der Waals surface area contributed by atoms with Gasteiger partial charge in [0, 0.05) is 9.90 Å². The number of halogens is 2. The third kappa shape index (κ3) is 4.55. The number of nitrogens with zero attached hydrogens (tertiary/aromatic N) is 1. The second-order valence-corrected chi connectivity index (χ2v) is 10.3. The van der Waals surface area contributed by atoms with Gasteiger partial charge in [0.1, 0.15) is 0 Å². The molecule has 0 fully saturated rings. The smallest absolute Gasteiger partial charge is 0.294 e. The molecule has 5 nitrogen and oxygen atoms in total. The lowest BCUT2D eigenvalue weighted by Gasteiger charge is -2.22. The number of hydrogen-bond acceptors (Lipinski definition) is 5. The Balaban J connectivity index is 1.72. The molecule has 2 aromatic carbocycles. The van der Waals surface area contributed by atoms with Crippen LogP contribution in [0.1, 0.15) is 15.4 Å². The van der Waals surface area contributed by atoms with E-state index in [9.17, 15) is 13.2 Å². The van der Waals surface area contributed by atoms with Gasteiger partial charge in [-0.3, -0.25) is 9.69 Å². The first-order valence-corrected chi connectivity index (χ1v) is 12.2. The number of benzene rings is 2. The van der Waals surface area contributed by atoms with Gasteiger partial charge in [-0.2, -0.15) is 0 Å². The van der Waals surface area contributed by atoms with E-state index < -0.39 is 15.7 Å². The maximum absolute atomic E-state index is 13.4. The highest BCUT2D eigenvalue weighted by atomic mass is 35.5. The second-order valence-electron chi connectivity index (χ2n) is 6.50. The highest BCUT2D eigenvalue weighted by Gasteiger charge is 2.27. The fourth-order valence-corrected chi connectivity index (χ4v) is 5.22. The molecule has 0 bridgehead atoms. The number of hydrogen-bond donors (Lipinski definition) is 0. The molecule has 0 saturated carbocycles. The molecule has 0 unspecified atom stereocenters. The minimum Gasteiger partial charge on any atom is -0.439 e. The minimum atomic E-state index is -3.89. The van der Waals surface area contributed by atoms with Gasteiger partial charge in [0.25, 0.3) is 5.91 Å². The van der Waals surface area contributed by atoms with E-state index in [1.54, 1.807) is 36.4 Å². The van der Waals surface area contributed by atoms with Crippen molar-refractivity contribution in [2.45, 2.75) is 16.5 Å². The van der Waals surface area contributed by atoms with Crippen molar-refractivity contribution in [2.24, 2.45) is 0 Å². The van der Waals surface area contributed by atoms with E-state index in [1.807, 2.05) is 17.5 Å². The molecule has 0 atom stereocenters. The van der Waals surface area contributed by atoms with E-state index >= 15 is 0 Å². The van der Waals surface area contributed by atoms with Crippen LogP contribution in [0.25, 0.3) is 0 Å². The van der Waals surface area contributed by atoms with E-state index in [0.717, 1.165) is 4.88 Å². The summed E-state index contributed by atoms with van der Waals surface area (Å²) in [5, 5.41) is 2.33. The average molecular weight is 492 g/mol. The van der Waals surface area contributed by atoms with Crippen molar-refractivity contribution in [2.75, 3.05) is 4.90 Å². The molecule has 1 amide bonds. The quantitative estimate of drug-likeness (QED) is 0.316. The molecule has 0 aliphatic heterocycles. The van der Waals surface area contributed by atoms with Gasteiger partial charge in [0.05, 0.1) is 22.2 Å². The number of carbonyl (C=O) groups is 1. The molecule has 158 valence electrons. The van der Waals surface area contributed by atoms with E-state index in [0.29, 0.717) is 15.7 Å². The van der Waals surface area contributed by atoms with Crippen molar-refractivity contribution in [1.82, 2.24) is 0 Å². The van der Waals surface area contributed by atoms with Crippen molar-refractivity contribution in [3.05, 3.63) is 98.9 Å². The first kappa shape index (κ1) is 21.6. The molecule has 2 aromatic heterocycles. The summed E-state index contributed by atoms with van der Waals surface area (Å²) in [6.07, 6.45) is 0. The van der Waals surface area contributed by atoms with Crippen LogP contribution in [0.3, 0.4) is 0 Å². The Labute approximate surface area is 193 Å². The fourth-order valence-electron chi connectivity index (χ4n) is 2.95. The van der Waals surface area contributed by atoms with Crippen LogP contribution >= 0.6 is 34.5 Å². The third-order valence-electron chi connectivity index (χ3n) is 4.45. The lowest BCUT2D eigenvalue weighted by molar-refractivity contribution is 0.0953. The molecular formula is C22H15Cl2NO4S2. The molecule has 9 heteroatoms. The van der Waals surface area contributed by atoms with Crippen molar-refractivity contribution < 1.29 is 17.6 Å². The van der Waals surface area contributed by atoms with E-state index in [1.165, 1.54) is 40.5 Å². The Kier molecular flexibility index (Phi) is 6.20. The van der Waals surface area contributed by atoms with Crippen LogP contribution in [-0.2, 0) is 16.4 Å². The lowest BCUT2D eigenvalue weighted by Crippen LogP contribution is -2.30. The van der Waals surface area contributed by atoms with Crippen molar-refractivity contribution in [1.29, 1.82) is 0 Å². The number of furan rings is 1. The van der Waals surface area contributed by atoms with Gasteiger partial charge in [0.2, 0.25) is 14.9 Å². The van der Waals surface area contributed by atoms with Crippen LogP contribution in [0.2, 0.25) is 10.0 Å². The zero-order valence-electron chi connectivity index (χ0n) is 15.9. The van der Waals surface area contributed by atoms with Crippen LogP contribution in [0.5, 0.6) is 0 Å². The highest BCUT2D eigenvalue weighted by molar-refractivity contribution is 7.91. The molecule has 0 N–H and O–H groups in total. The molecule has 0 radical (unpaired) electrons. The summed E-state index contributed by atoms with van der Waals surface area (Å²) in [4.78, 5) is 15.8. The van der Waals surface area contributed by atoms with Crippen LogP contribution in [0.15, 0.2) is 92.6 Å². The minimum absolute atomic E-state index is 0.0803. The maximum Gasteiger partial charge on any atom is 0.294 e. The number of carbonyl (C=O) groups excluding carboxylic acids is 1. The van der Waals surface area contributed by atoms with Crippen molar-refractivity contribution >= 4 is 56.0 Å². The predicted octanol–water partition coefficient (Wildman–Crippen LogP) is 6.33. The fraction of sp³-hybridized carbons (Fsp3) is 0.0455. The normalized spacial score (nSPS) is 11.4. The van der Waals surface area contributed by atoms with Crippen molar-refractivity contribution in [3.63, 3.8) is 0 Å². The Morgan fingerprint density at radius 3 is 2.45 bits per heavy atom. The summed E-state index contributed by atoms with van der Waals surface area (Å²) >= 11 is 14.0. The Morgan fingerprint density at radius 2 is 1.74 bits per heavy atom. The van der Waals surface area contributed by atoms with Crippen LogP contribution < -0.4 is 4.90 Å². The number of anilines is 1. The predicted molar refractivity (Wildman–Crippen MR) is 122 cm³/mol. The molecule has 0 aliphatic carbocycles. The molecule has 0 spiro atoms. The highest BCUT2D eigenvalue weighted by Crippen LogP contribution is 2.33. The summed E-state index contributed by atoms with van der Waals surface area (Å²) in [5.74, 6) is -0.658. The van der Waals surface area contributed by atoms with Gasteiger partial charge in [-0.1, -0.05) is 47.5 Å². The summed E-state index contributed by atoms with van der Waals surface area (Å²) in [6.45, 7) is 0.220. The summed E-state index contributed by atoms with van der Waals surface area (Å²) in [7, 11) is -3.89. The molecule has 4 aromatic rings. The second kappa shape index (κ2) is 8.88. The summed E-state index contributed by atoms with van der Waals surface area (Å²) in [6, 6.07) is 19.1. The van der Waals surface area contributed by atoms with E-state index in [2.05, 4.69) is 0 Å². The Bertz CT molecular complexity index is 1320. The standard InChI is InChI=1S/C22H15Cl2NO4S2/c23-15-8-9-18(24)19(13-15)25(14-16-5-4-12-30-16)22(26)20-10-11-21(29-20)31(27,28)17-6-2-1-3-7-17/h1-13H,14H2. The topological polar surface area (TPSA) is 67.6 Å². The van der Waals surface area contributed by atoms with Gasteiger partial charge in [-0.15, -0.1) is 11.3 Å². The third-order valence-corrected chi connectivity index (χ3v) is 7.51. The first-order valence-electron chi connectivity index (χ1n) is 9.05. The van der Waals surface area contributed by atoms with Gasteiger partial charge >= 0.3 is 0 Å². The van der Waals surface area contributed by atoms with Gasteiger partial charge in [-0.25, -0.2) is 8.42 Å². The van der Waals surface area contributed by atoms with Gasteiger partial charge in [0.15, 0.2) is 5.76 Å². The zero-order valence-corrected chi connectivity index (χ0v) is 19.0. The lowest BCUT2D eigenvalue weighted by atomic mass is 10.2.